The van der Waals surface area contributed by atoms with Gasteiger partial charge in [-0.05, 0) is 68.3 Å². The number of hydrogen-bond acceptors (Lipinski definition) is 6. The summed E-state index contributed by atoms with van der Waals surface area (Å²) in [7, 11) is 0. The van der Waals surface area contributed by atoms with Gasteiger partial charge in [-0.25, -0.2) is 0 Å². The van der Waals surface area contributed by atoms with Crippen LogP contribution < -0.4 is 10.2 Å². The van der Waals surface area contributed by atoms with Gasteiger partial charge in [-0.3, -0.25) is 10.4 Å². The first-order chi connectivity index (χ1) is 12.4. The van der Waals surface area contributed by atoms with E-state index >= 15 is 0 Å². The lowest BCUT2D eigenvalue weighted by atomic mass is 10.1. The average molecular weight is 339 g/mol. The average Bonchev–Trinajstić information content (AvgIpc) is 3.11. The van der Waals surface area contributed by atoms with Crippen molar-refractivity contribution in [2.24, 2.45) is 10.2 Å². The Morgan fingerprint density at radius 2 is 1.92 bits per heavy atom. The van der Waals surface area contributed by atoms with Gasteiger partial charge in [-0.1, -0.05) is 6.42 Å². The summed E-state index contributed by atoms with van der Waals surface area (Å²) in [6.07, 6.45) is 10.8. The fourth-order valence-electron chi connectivity index (χ4n) is 3.47. The molecule has 4 rings (SSSR count). The Balaban J connectivity index is 1.25. The smallest absolute Gasteiger partial charge is 0.133 e. The molecule has 25 heavy (non-hydrogen) atoms. The van der Waals surface area contributed by atoms with Crippen molar-refractivity contribution in [3.05, 3.63) is 35.9 Å². The summed E-state index contributed by atoms with van der Waals surface area (Å²) in [5.74, 6) is 0.932. The van der Waals surface area contributed by atoms with E-state index in [2.05, 4.69) is 38.7 Å². The molecule has 1 aromatic carbocycles. The van der Waals surface area contributed by atoms with Gasteiger partial charge in [0.05, 0.1) is 18.5 Å². The number of fused-ring (bicyclic) bond motifs is 1. The molecule has 1 saturated heterocycles. The minimum atomic E-state index is 0.137. The fraction of sp³-hybridized carbons (Fsp3) is 0.474. The van der Waals surface area contributed by atoms with Crippen LogP contribution in [0.5, 0.6) is 5.75 Å². The lowest BCUT2D eigenvalue weighted by molar-refractivity contribution is 0.205. The topological polar surface area (TPSA) is 52.5 Å². The van der Waals surface area contributed by atoms with Gasteiger partial charge >= 0.3 is 0 Å². The minimum Gasteiger partial charge on any atom is -0.494 e. The van der Waals surface area contributed by atoms with Gasteiger partial charge in [0.2, 0.25) is 0 Å². The molecule has 3 aliphatic heterocycles. The van der Waals surface area contributed by atoms with E-state index in [1.54, 1.807) is 6.34 Å². The van der Waals surface area contributed by atoms with E-state index in [4.69, 9.17) is 4.74 Å². The van der Waals surface area contributed by atoms with Gasteiger partial charge in [-0.2, -0.15) is 5.10 Å². The normalized spacial score (nSPS) is 22.5. The number of likely N-dealkylation sites (tertiary alicyclic amines) is 1. The van der Waals surface area contributed by atoms with Gasteiger partial charge in [0, 0.05) is 6.54 Å². The number of ether oxygens (including phenoxy) is 1. The van der Waals surface area contributed by atoms with E-state index in [0.717, 1.165) is 36.6 Å². The van der Waals surface area contributed by atoms with Crippen LogP contribution >= 0.6 is 0 Å². The highest BCUT2D eigenvalue weighted by Crippen LogP contribution is 2.22. The van der Waals surface area contributed by atoms with E-state index in [1.165, 1.54) is 32.4 Å². The highest BCUT2D eigenvalue weighted by Gasteiger charge is 2.23. The summed E-state index contributed by atoms with van der Waals surface area (Å²) >= 11 is 0. The molecule has 0 aliphatic carbocycles. The van der Waals surface area contributed by atoms with Crippen LogP contribution in [0, 0.1) is 0 Å². The molecular formula is C19H25N5O. The SMILES string of the molecule is C1=NN=CN2NC(c3ccc(OCCCN4CCCCC4)cc3)=CC12. The summed E-state index contributed by atoms with van der Waals surface area (Å²) in [6.45, 7) is 4.43. The first-order valence-corrected chi connectivity index (χ1v) is 9.17. The number of nitrogens with zero attached hydrogens (tertiary/aromatic N) is 4. The van der Waals surface area contributed by atoms with Gasteiger partial charge in [0.1, 0.15) is 18.1 Å². The fourth-order valence-corrected chi connectivity index (χ4v) is 3.47. The predicted molar refractivity (Wildman–Crippen MR) is 101 cm³/mol. The molecule has 1 aromatic rings. The second kappa shape index (κ2) is 7.70. The molecule has 1 fully saturated rings. The zero-order chi connectivity index (χ0) is 16.9. The maximum atomic E-state index is 5.89. The zero-order valence-corrected chi connectivity index (χ0v) is 14.5. The van der Waals surface area contributed by atoms with Crippen molar-refractivity contribution in [3.8, 4) is 5.75 Å². The Morgan fingerprint density at radius 1 is 1.08 bits per heavy atom. The Hall–Kier alpha value is -2.34. The second-order valence-electron chi connectivity index (χ2n) is 6.71. The van der Waals surface area contributed by atoms with Crippen LogP contribution in [0.25, 0.3) is 5.70 Å². The Bertz CT molecular complexity index is 661. The Labute approximate surface area is 148 Å². The molecule has 132 valence electrons. The highest BCUT2D eigenvalue weighted by atomic mass is 16.5. The number of benzene rings is 1. The zero-order valence-electron chi connectivity index (χ0n) is 14.5. The van der Waals surface area contributed by atoms with Crippen molar-refractivity contribution >= 4 is 18.3 Å². The van der Waals surface area contributed by atoms with Crippen molar-refractivity contribution in [1.29, 1.82) is 0 Å². The van der Waals surface area contributed by atoms with Gasteiger partial charge in [0.25, 0.3) is 0 Å². The number of rotatable bonds is 6. The summed E-state index contributed by atoms with van der Waals surface area (Å²) in [5.41, 5.74) is 5.53. The van der Waals surface area contributed by atoms with E-state index in [0.29, 0.717) is 0 Å². The van der Waals surface area contributed by atoms with Crippen LogP contribution in [0.15, 0.2) is 40.5 Å². The molecule has 1 unspecified atom stereocenters. The molecule has 0 spiro atoms. The molecule has 0 amide bonds. The third-order valence-corrected chi connectivity index (χ3v) is 4.87. The van der Waals surface area contributed by atoms with E-state index < -0.39 is 0 Å². The van der Waals surface area contributed by atoms with Crippen LogP contribution in [-0.2, 0) is 0 Å². The lowest BCUT2D eigenvalue weighted by Crippen LogP contribution is -2.39. The first-order valence-electron chi connectivity index (χ1n) is 9.17. The maximum Gasteiger partial charge on any atom is 0.133 e. The number of nitrogens with one attached hydrogen (secondary N) is 1. The van der Waals surface area contributed by atoms with Gasteiger partial charge in [-0.15, -0.1) is 5.10 Å². The Kier molecular flexibility index (Phi) is 4.97. The lowest BCUT2D eigenvalue weighted by Gasteiger charge is -2.26. The second-order valence-corrected chi connectivity index (χ2v) is 6.71. The van der Waals surface area contributed by atoms with E-state index in [1.807, 2.05) is 23.4 Å². The molecule has 0 aromatic heterocycles. The molecule has 0 radical (unpaired) electrons. The van der Waals surface area contributed by atoms with E-state index in [-0.39, 0.29) is 6.04 Å². The molecule has 0 bridgehead atoms. The maximum absolute atomic E-state index is 5.89. The third kappa shape index (κ3) is 4.02. The van der Waals surface area contributed by atoms with Crippen LogP contribution in [0.1, 0.15) is 31.2 Å². The molecule has 1 N–H and O–H groups in total. The number of hydrazine groups is 1. The van der Waals surface area contributed by atoms with Crippen molar-refractivity contribution < 1.29 is 4.74 Å². The van der Waals surface area contributed by atoms with Crippen molar-refractivity contribution in [3.63, 3.8) is 0 Å². The predicted octanol–water partition coefficient (Wildman–Crippen LogP) is 2.50. The summed E-state index contributed by atoms with van der Waals surface area (Å²) in [4.78, 5) is 2.55. The van der Waals surface area contributed by atoms with Gasteiger partial charge < -0.3 is 9.64 Å². The van der Waals surface area contributed by atoms with Crippen molar-refractivity contribution in [2.75, 3.05) is 26.2 Å². The molecule has 1 atom stereocenters. The third-order valence-electron chi connectivity index (χ3n) is 4.87. The molecular weight excluding hydrogens is 314 g/mol. The van der Waals surface area contributed by atoms with Crippen LogP contribution in [0.2, 0.25) is 0 Å². The number of hydrogen-bond donors (Lipinski definition) is 1. The van der Waals surface area contributed by atoms with Crippen LogP contribution in [-0.4, -0.2) is 54.7 Å². The molecule has 6 nitrogen and oxygen atoms in total. The molecule has 3 aliphatic rings. The monoisotopic (exact) mass is 339 g/mol. The first kappa shape index (κ1) is 16.1. The van der Waals surface area contributed by atoms with Crippen LogP contribution in [0.4, 0.5) is 0 Å². The number of piperidine rings is 1. The summed E-state index contributed by atoms with van der Waals surface area (Å²) in [6, 6.07) is 8.39. The standard InChI is InChI=1S/C19H25N5O/c1-2-9-23(10-3-1)11-4-12-25-18-7-5-16(6-8-18)19-13-17-14-20-21-15-24(17)22-19/h5-8,13-15,17,22H,1-4,9-12H2. The summed E-state index contributed by atoms with van der Waals surface area (Å²) in [5, 5.41) is 9.76. The quantitative estimate of drug-likeness (QED) is 0.809. The Morgan fingerprint density at radius 3 is 2.72 bits per heavy atom. The molecule has 3 heterocycles. The molecule has 0 saturated carbocycles. The van der Waals surface area contributed by atoms with Crippen molar-refractivity contribution in [2.45, 2.75) is 31.7 Å². The molecule has 6 heteroatoms. The minimum absolute atomic E-state index is 0.137. The van der Waals surface area contributed by atoms with Crippen molar-refractivity contribution in [1.82, 2.24) is 15.3 Å². The summed E-state index contributed by atoms with van der Waals surface area (Å²) < 4.78 is 5.89. The largest absolute Gasteiger partial charge is 0.494 e. The highest BCUT2D eigenvalue weighted by molar-refractivity contribution is 5.82. The van der Waals surface area contributed by atoms with Gasteiger partial charge in [0.15, 0.2) is 0 Å². The van der Waals surface area contributed by atoms with Crippen LogP contribution in [0.3, 0.4) is 0 Å². The van der Waals surface area contributed by atoms with E-state index in [9.17, 15) is 0 Å².